The second-order valence-electron chi connectivity index (χ2n) is 5.83. The van der Waals surface area contributed by atoms with Crippen LogP contribution in [-0.2, 0) is 12.8 Å². The Balaban J connectivity index is 2.72. The maximum absolute atomic E-state index is 9.66. The van der Waals surface area contributed by atoms with Crippen molar-refractivity contribution in [1.29, 1.82) is 0 Å². The minimum atomic E-state index is -1.98. The normalized spacial score (nSPS) is 11.3. The van der Waals surface area contributed by atoms with Crippen LogP contribution in [0.2, 0.25) is 0 Å². The highest BCUT2D eigenvalue weighted by Crippen LogP contribution is 2.28. The van der Waals surface area contributed by atoms with E-state index in [9.17, 15) is 9.79 Å². The first-order chi connectivity index (χ1) is 10.2. The third kappa shape index (κ3) is 6.91. The molecule has 0 amide bonds. The molecule has 0 bridgehead atoms. The van der Waals surface area contributed by atoms with Crippen LogP contribution in [0.15, 0.2) is 18.2 Å². The molecule has 21 heavy (non-hydrogen) atoms. The van der Waals surface area contributed by atoms with Gasteiger partial charge < -0.3 is 9.79 Å². The zero-order valence-corrected chi connectivity index (χ0v) is 14.5. The number of unbranched alkanes of at least 4 members (excludes halogenated alkanes) is 6. The van der Waals surface area contributed by atoms with Gasteiger partial charge in [-0.05, 0) is 42.9 Å². The van der Waals surface area contributed by atoms with Crippen LogP contribution in [0, 0.1) is 0 Å². The third-order valence-electron chi connectivity index (χ3n) is 4.04. The Labute approximate surface area is 131 Å². The van der Waals surface area contributed by atoms with Crippen LogP contribution in [0.3, 0.4) is 0 Å². The quantitative estimate of drug-likeness (QED) is 0.453. The highest BCUT2D eigenvalue weighted by atomic mass is 31.2. The summed E-state index contributed by atoms with van der Waals surface area (Å²) in [6.45, 7) is 4.44. The summed E-state index contributed by atoms with van der Waals surface area (Å²) >= 11 is 0. The van der Waals surface area contributed by atoms with Gasteiger partial charge in [0.2, 0.25) is 0 Å². The molecule has 0 heterocycles. The Morgan fingerprint density at radius 1 is 0.810 bits per heavy atom. The van der Waals surface area contributed by atoms with Crippen molar-refractivity contribution in [3.63, 3.8) is 0 Å². The molecular formula is C18H31O2P. The molecule has 0 fully saturated rings. The minimum absolute atomic E-state index is 0.773. The molecule has 1 aromatic carbocycles. The number of benzene rings is 1. The van der Waals surface area contributed by atoms with Gasteiger partial charge in [0.25, 0.3) is 0 Å². The van der Waals surface area contributed by atoms with Crippen molar-refractivity contribution in [2.75, 3.05) is 0 Å². The molecule has 1 aromatic rings. The maximum Gasteiger partial charge on any atom is 0.199 e. The maximum atomic E-state index is 9.66. The lowest BCUT2D eigenvalue weighted by atomic mass is 9.96. The summed E-state index contributed by atoms with van der Waals surface area (Å²) in [5, 5.41) is 0.773. The molecule has 2 N–H and O–H groups in total. The van der Waals surface area contributed by atoms with Crippen LogP contribution in [0.4, 0.5) is 0 Å². The predicted octanol–water partition coefficient (Wildman–Crippen LogP) is 4.85. The standard InChI is InChI=1S/C18H31O2P/c1-3-5-7-9-12-16-13-11-15-18(21(19)20)17(16)14-10-8-6-4-2/h11,13,15,19-20H,3-10,12,14H2,1-2H3. The van der Waals surface area contributed by atoms with Crippen molar-refractivity contribution in [2.45, 2.75) is 78.1 Å². The first-order valence-corrected chi connectivity index (χ1v) is 9.74. The van der Waals surface area contributed by atoms with Crippen LogP contribution >= 0.6 is 8.38 Å². The first kappa shape index (κ1) is 18.6. The van der Waals surface area contributed by atoms with E-state index in [1.54, 1.807) is 0 Å². The molecule has 120 valence electrons. The number of rotatable bonds is 11. The van der Waals surface area contributed by atoms with Crippen LogP contribution in [0.1, 0.15) is 76.3 Å². The van der Waals surface area contributed by atoms with Crippen LogP contribution in [0.25, 0.3) is 0 Å². The summed E-state index contributed by atoms with van der Waals surface area (Å²) in [4.78, 5) is 19.3. The molecule has 0 aromatic heterocycles. The molecule has 0 aliphatic rings. The van der Waals surface area contributed by atoms with Gasteiger partial charge in [-0.3, -0.25) is 0 Å². The van der Waals surface area contributed by atoms with E-state index in [0.29, 0.717) is 0 Å². The SMILES string of the molecule is CCCCCCc1cccc(P(O)O)c1CCCCCC. The van der Waals surface area contributed by atoms with Crippen LogP contribution in [-0.4, -0.2) is 9.79 Å². The van der Waals surface area contributed by atoms with E-state index in [0.717, 1.165) is 24.6 Å². The van der Waals surface area contributed by atoms with E-state index in [1.807, 2.05) is 12.1 Å². The fourth-order valence-electron chi connectivity index (χ4n) is 2.80. The van der Waals surface area contributed by atoms with E-state index in [1.165, 1.54) is 56.1 Å². The molecule has 0 saturated heterocycles. The van der Waals surface area contributed by atoms with E-state index >= 15 is 0 Å². The summed E-state index contributed by atoms with van der Waals surface area (Å²) in [6.07, 6.45) is 11.9. The smallest absolute Gasteiger partial charge is 0.199 e. The zero-order chi connectivity index (χ0) is 15.5. The van der Waals surface area contributed by atoms with Gasteiger partial charge in [-0.2, -0.15) is 0 Å². The second kappa shape index (κ2) is 11.2. The molecule has 0 atom stereocenters. The molecular weight excluding hydrogens is 279 g/mol. The number of aryl methyl sites for hydroxylation is 1. The topological polar surface area (TPSA) is 40.5 Å². The predicted molar refractivity (Wildman–Crippen MR) is 93.1 cm³/mol. The Morgan fingerprint density at radius 3 is 2.00 bits per heavy atom. The van der Waals surface area contributed by atoms with E-state index in [-0.39, 0.29) is 0 Å². The number of hydrogen-bond donors (Lipinski definition) is 2. The average Bonchev–Trinajstić information content (AvgIpc) is 2.48. The Morgan fingerprint density at radius 2 is 1.43 bits per heavy atom. The molecule has 0 unspecified atom stereocenters. The zero-order valence-electron chi connectivity index (χ0n) is 13.6. The van der Waals surface area contributed by atoms with Crippen LogP contribution in [0.5, 0.6) is 0 Å². The van der Waals surface area contributed by atoms with Gasteiger partial charge in [0.1, 0.15) is 0 Å². The van der Waals surface area contributed by atoms with Gasteiger partial charge in [-0.1, -0.05) is 64.5 Å². The molecule has 1 rings (SSSR count). The summed E-state index contributed by atoms with van der Waals surface area (Å²) in [5.41, 5.74) is 2.54. The summed E-state index contributed by atoms with van der Waals surface area (Å²) < 4.78 is 0. The van der Waals surface area contributed by atoms with Gasteiger partial charge in [0, 0.05) is 5.30 Å². The first-order valence-electron chi connectivity index (χ1n) is 8.49. The largest absolute Gasteiger partial charge is 0.347 e. The molecule has 2 nitrogen and oxygen atoms in total. The lowest BCUT2D eigenvalue weighted by Crippen LogP contribution is -2.12. The highest BCUT2D eigenvalue weighted by molar-refractivity contribution is 7.54. The van der Waals surface area contributed by atoms with Gasteiger partial charge >= 0.3 is 0 Å². The molecule has 3 heteroatoms. The average molecular weight is 310 g/mol. The summed E-state index contributed by atoms with van der Waals surface area (Å²) in [5.74, 6) is 0. The number of hydrogen-bond acceptors (Lipinski definition) is 2. The Bertz CT molecular complexity index is 391. The monoisotopic (exact) mass is 310 g/mol. The fourth-order valence-corrected chi connectivity index (χ4v) is 3.52. The second-order valence-corrected chi connectivity index (χ2v) is 6.89. The Kier molecular flexibility index (Phi) is 9.91. The molecule has 0 radical (unpaired) electrons. The van der Waals surface area contributed by atoms with Gasteiger partial charge in [0.05, 0.1) is 0 Å². The molecule has 0 spiro atoms. The lowest BCUT2D eigenvalue weighted by Gasteiger charge is -2.15. The van der Waals surface area contributed by atoms with Crippen molar-refractivity contribution in [3.8, 4) is 0 Å². The van der Waals surface area contributed by atoms with Crippen LogP contribution < -0.4 is 5.30 Å². The van der Waals surface area contributed by atoms with E-state index < -0.39 is 8.38 Å². The lowest BCUT2D eigenvalue weighted by molar-refractivity contribution is 0.496. The fraction of sp³-hybridized carbons (Fsp3) is 0.667. The minimum Gasteiger partial charge on any atom is -0.347 e. The van der Waals surface area contributed by atoms with E-state index in [2.05, 4.69) is 19.9 Å². The van der Waals surface area contributed by atoms with Crippen molar-refractivity contribution in [3.05, 3.63) is 29.3 Å². The third-order valence-corrected chi connectivity index (χ3v) is 4.89. The van der Waals surface area contributed by atoms with E-state index in [4.69, 9.17) is 0 Å². The van der Waals surface area contributed by atoms with Crippen molar-refractivity contribution in [1.82, 2.24) is 0 Å². The highest BCUT2D eigenvalue weighted by Gasteiger charge is 2.13. The van der Waals surface area contributed by atoms with Gasteiger partial charge in [-0.25, -0.2) is 0 Å². The molecule has 0 aliphatic heterocycles. The van der Waals surface area contributed by atoms with Crippen molar-refractivity contribution in [2.24, 2.45) is 0 Å². The van der Waals surface area contributed by atoms with Crippen molar-refractivity contribution < 1.29 is 9.79 Å². The van der Waals surface area contributed by atoms with Gasteiger partial charge in [0.15, 0.2) is 8.38 Å². The molecule has 0 aliphatic carbocycles. The molecule has 0 saturated carbocycles. The Hall–Kier alpha value is -0.430. The van der Waals surface area contributed by atoms with Gasteiger partial charge in [-0.15, -0.1) is 0 Å². The summed E-state index contributed by atoms with van der Waals surface area (Å²) in [7, 11) is -1.98. The summed E-state index contributed by atoms with van der Waals surface area (Å²) in [6, 6.07) is 6.03. The van der Waals surface area contributed by atoms with Crippen molar-refractivity contribution >= 4 is 13.7 Å².